The molecule has 1 aromatic rings. The Balaban J connectivity index is 1.95. The predicted octanol–water partition coefficient (Wildman–Crippen LogP) is 6.83. The number of carbonyl (C=O) groups is 1. The van der Waals surface area contributed by atoms with Gasteiger partial charge in [0.05, 0.1) is 7.11 Å². The van der Waals surface area contributed by atoms with E-state index >= 15 is 0 Å². The van der Waals surface area contributed by atoms with Gasteiger partial charge in [0.25, 0.3) is 0 Å². The molecule has 2 N–H and O–H groups in total. The minimum Gasteiger partial charge on any atom is -0.504 e. The molecule has 1 aromatic carbocycles. The Hall–Kier alpha value is -2.23. The van der Waals surface area contributed by atoms with Gasteiger partial charge in [-0.25, -0.2) is 0 Å². The van der Waals surface area contributed by atoms with Gasteiger partial charge in [-0.15, -0.1) is 0 Å². The van der Waals surface area contributed by atoms with Crippen molar-refractivity contribution in [2.75, 3.05) is 7.11 Å². The molecule has 0 fully saturated rings. The third kappa shape index (κ3) is 13.1. The fourth-order valence-corrected chi connectivity index (χ4v) is 3.20. The second-order valence-electron chi connectivity index (χ2n) is 7.76. The maximum atomic E-state index is 12.0. The van der Waals surface area contributed by atoms with Crippen LogP contribution in [0, 0.1) is 0 Å². The summed E-state index contributed by atoms with van der Waals surface area (Å²) in [7, 11) is 1.52. The number of allylic oxidation sites excluding steroid dienone is 4. The maximum absolute atomic E-state index is 12.0. The molecule has 0 aromatic heterocycles. The standard InChI is InChI=1S/C26H41NO3/c1-3-4-5-6-7-8-9-10-11-12-13-14-15-16-17-18-26(29)27-22-23-19-20-24(28)25(21-23)30-2/h6-7,9-10,19-21,28H,3-5,8,11-18,22H2,1-2H3,(H,27,29)/b7-6-,10-9-. The van der Waals surface area contributed by atoms with Crippen molar-refractivity contribution in [3.05, 3.63) is 48.1 Å². The van der Waals surface area contributed by atoms with Gasteiger partial charge in [0, 0.05) is 13.0 Å². The first kappa shape index (κ1) is 25.8. The summed E-state index contributed by atoms with van der Waals surface area (Å²) in [6.07, 6.45) is 22.7. The smallest absolute Gasteiger partial charge is 0.220 e. The Morgan fingerprint density at radius 1 is 0.967 bits per heavy atom. The molecule has 0 saturated carbocycles. The summed E-state index contributed by atoms with van der Waals surface area (Å²) in [6, 6.07) is 5.12. The van der Waals surface area contributed by atoms with Crippen LogP contribution in [0.2, 0.25) is 0 Å². The van der Waals surface area contributed by atoms with Crippen LogP contribution in [0.4, 0.5) is 0 Å². The van der Waals surface area contributed by atoms with Gasteiger partial charge in [-0.05, 0) is 49.8 Å². The molecule has 0 aliphatic rings. The number of carbonyl (C=O) groups excluding carboxylic acids is 1. The Morgan fingerprint density at radius 2 is 1.63 bits per heavy atom. The lowest BCUT2D eigenvalue weighted by Gasteiger charge is -2.08. The first-order chi connectivity index (χ1) is 14.7. The lowest BCUT2D eigenvalue weighted by atomic mass is 10.1. The molecule has 0 unspecified atom stereocenters. The molecule has 4 nitrogen and oxygen atoms in total. The molecule has 0 bridgehead atoms. The number of nitrogens with one attached hydrogen (secondary N) is 1. The molecule has 168 valence electrons. The zero-order chi connectivity index (χ0) is 21.9. The molecular weight excluding hydrogens is 374 g/mol. The fourth-order valence-electron chi connectivity index (χ4n) is 3.20. The summed E-state index contributed by atoms with van der Waals surface area (Å²) in [5.41, 5.74) is 0.916. The van der Waals surface area contributed by atoms with E-state index < -0.39 is 0 Å². The van der Waals surface area contributed by atoms with Crippen molar-refractivity contribution < 1.29 is 14.6 Å². The van der Waals surface area contributed by atoms with Gasteiger partial charge in [-0.2, -0.15) is 0 Å². The number of phenols is 1. The fraction of sp³-hybridized carbons (Fsp3) is 0.577. The van der Waals surface area contributed by atoms with Crippen LogP contribution < -0.4 is 10.1 Å². The monoisotopic (exact) mass is 415 g/mol. The summed E-state index contributed by atoms with van der Waals surface area (Å²) >= 11 is 0. The van der Waals surface area contributed by atoms with E-state index in [2.05, 4.69) is 36.5 Å². The lowest BCUT2D eigenvalue weighted by molar-refractivity contribution is -0.121. The van der Waals surface area contributed by atoms with Crippen molar-refractivity contribution in [1.82, 2.24) is 5.32 Å². The van der Waals surface area contributed by atoms with Crippen LogP contribution in [0.5, 0.6) is 11.5 Å². The zero-order valence-electron chi connectivity index (χ0n) is 19.0. The van der Waals surface area contributed by atoms with Gasteiger partial charge in [-0.1, -0.05) is 75.8 Å². The number of methoxy groups -OCH3 is 1. The SMILES string of the molecule is CCCC/C=C\C/C=C\CCCCCCCCC(=O)NCc1ccc(O)c(OC)c1. The van der Waals surface area contributed by atoms with Gasteiger partial charge in [0.15, 0.2) is 11.5 Å². The van der Waals surface area contributed by atoms with Crippen LogP contribution in [0.15, 0.2) is 42.5 Å². The Morgan fingerprint density at radius 3 is 2.33 bits per heavy atom. The van der Waals surface area contributed by atoms with Crippen molar-refractivity contribution in [1.29, 1.82) is 0 Å². The number of rotatable bonds is 17. The average Bonchev–Trinajstić information content (AvgIpc) is 2.75. The highest BCUT2D eigenvalue weighted by Crippen LogP contribution is 2.26. The van der Waals surface area contributed by atoms with Crippen LogP contribution in [-0.4, -0.2) is 18.1 Å². The van der Waals surface area contributed by atoms with Gasteiger partial charge >= 0.3 is 0 Å². The van der Waals surface area contributed by atoms with E-state index in [0.717, 1.165) is 24.8 Å². The molecule has 1 rings (SSSR count). The van der Waals surface area contributed by atoms with Crippen LogP contribution in [0.25, 0.3) is 0 Å². The number of phenolic OH excluding ortho intramolecular Hbond substituents is 1. The molecule has 0 heterocycles. The highest BCUT2D eigenvalue weighted by Gasteiger charge is 2.05. The van der Waals surface area contributed by atoms with Gasteiger partial charge in [0.1, 0.15) is 0 Å². The molecular formula is C26H41NO3. The quantitative estimate of drug-likeness (QED) is 0.216. The number of ether oxygens (including phenoxy) is 1. The van der Waals surface area contributed by atoms with Crippen molar-refractivity contribution in [3.63, 3.8) is 0 Å². The summed E-state index contributed by atoms with van der Waals surface area (Å²) in [4.78, 5) is 12.0. The van der Waals surface area contributed by atoms with Crippen molar-refractivity contribution in [2.45, 2.75) is 90.5 Å². The highest BCUT2D eigenvalue weighted by atomic mass is 16.5. The summed E-state index contributed by atoms with van der Waals surface area (Å²) in [5.74, 6) is 0.617. The largest absolute Gasteiger partial charge is 0.504 e. The minimum absolute atomic E-state index is 0.0796. The lowest BCUT2D eigenvalue weighted by Crippen LogP contribution is -2.22. The van der Waals surface area contributed by atoms with Crippen LogP contribution in [0.3, 0.4) is 0 Å². The Kier molecular flexibility index (Phi) is 15.2. The Bertz CT molecular complexity index is 637. The third-order valence-corrected chi connectivity index (χ3v) is 5.09. The van der Waals surface area contributed by atoms with E-state index in [-0.39, 0.29) is 11.7 Å². The van der Waals surface area contributed by atoms with E-state index in [1.165, 1.54) is 58.5 Å². The number of benzene rings is 1. The van der Waals surface area contributed by atoms with Gasteiger partial charge in [-0.3, -0.25) is 4.79 Å². The molecule has 0 atom stereocenters. The van der Waals surface area contributed by atoms with E-state index in [1.54, 1.807) is 18.2 Å². The minimum atomic E-state index is 0.0796. The number of amides is 1. The molecule has 0 aliphatic heterocycles. The molecule has 0 spiro atoms. The second-order valence-corrected chi connectivity index (χ2v) is 7.76. The third-order valence-electron chi connectivity index (χ3n) is 5.09. The van der Waals surface area contributed by atoms with Crippen molar-refractivity contribution >= 4 is 5.91 Å². The first-order valence-electron chi connectivity index (χ1n) is 11.6. The van der Waals surface area contributed by atoms with Crippen molar-refractivity contribution in [2.24, 2.45) is 0 Å². The second kappa shape index (κ2) is 17.6. The molecule has 0 aliphatic carbocycles. The number of unbranched alkanes of at least 4 members (excludes halogenated alkanes) is 8. The van der Waals surface area contributed by atoms with Crippen LogP contribution >= 0.6 is 0 Å². The van der Waals surface area contributed by atoms with Gasteiger partial charge < -0.3 is 15.2 Å². The van der Waals surface area contributed by atoms with Crippen LogP contribution in [0.1, 0.15) is 89.5 Å². The van der Waals surface area contributed by atoms with E-state index in [9.17, 15) is 9.90 Å². The highest BCUT2D eigenvalue weighted by molar-refractivity contribution is 5.75. The first-order valence-corrected chi connectivity index (χ1v) is 11.6. The van der Waals surface area contributed by atoms with E-state index in [0.29, 0.717) is 18.7 Å². The summed E-state index contributed by atoms with van der Waals surface area (Å²) < 4.78 is 5.08. The van der Waals surface area contributed by atoms with E-state index in [1.807, 2.05) is 0 Å². The number of hydrogen-bond donors (Lipinski definition) is 2. The predicted molar refractivity (Wildman–Crippen MR) is 126 cm³/mol. The number of aromatic hydroxyl groups is 1. The number of hydrogen-bond acceptors (Lipinski definition) is 3. The summed E-state index contributed by atoms with van der Waals surface area (Å²) in [5, 5.41) is 12.5. The molecule has 0 radical (unpaired) electrons. The van der Waals surface area contributed by atoms with E-state index in [4.69, 9.17) is 4.74 Å². The zero-order valence-corrected chi connectivity index (χ0v) is 19.0. The summed E-state index contributed by atoms with van der Waals surface area (Å²) in [6.45, 7) is 2.68. The van der Waals surface area contributed by atoms with Gasteiger partial charge in [0.2, 0.25) is 5.91 Å². The molecule has 4 heteroatoms. The molecule has 0 saturated heterocycles. The topological polar surface area (TPSA) is 58.6 Å². The molecule has 30 heavy (non-hydrogen) atoms. The normalized spacial score (nSPS) is 11.4. The maximum Gasteiger partial charge on any atom is 0.220 e. The average molecular weight is 416 g/mol. The Labute approximate surface area is 183 Å². The van der Waals surface area contributed by atoms with Crippen molar-refractivity contribution in [3.8, 4) is 11.5 Å². The van der Waals surface area contributed by atoms with Crippen LogP contribution in [-0.2, 0) is 11.3 Å². The molecule has 1 amide bonds.